The minimum Gasteiger partial charge on any atom is -0.447 e. The minimum atomic E-state index is -0.480. The van der Waals surface area contributed by atoms with E-state index in [1.54, 1.807) is 17.4 Å². The summed E-state index contributed by atoms with van der Waals surface area (Å²) in [6.45, 7) is 1.35. The molecule has 1 saturated heterocycles. The number of hydrogen-bond donors (Lipinski definition) is 1. The van der Waals surface area contributed by atoms with Crippen LogP contribution < -0.4 is 10.2 Å². The van der Waals surface area contributed by atoms with Crippen LogP contribution in [-0.4, -0.2) is 30.7 Å². The molecule has 0 atom stereocenters. The van der Waals surface area contributed by atoms with Crippen LogP contribution in [0.5, 0.6) is 0 Å². The van der Waals surface area contributed by atoms with E-state index in [9.17, 15) is 14.9 Å². The molecule has 7 nitrogen and oxygen atoms in total. The molecular weight excluding hydrogens is 318 g/mol. The largest absolute Gasteiger partial charge is 0.447 e. The molecule has 1 fully saturated rings. The van der Waals surface area contributed by atoms with Crippen LogP contribution in [0.25, 0.3) is 0 Å². The molecule has 0 unspecified atom stereocenters. The number of nitrogens with zero attached hydrogens (tertiary/aromatic N) is 2. The fourth-order valence-electron chi connectivity index (χ4n) is 2.39. The predicted molar refractivity (Wildman–Crippen MR) is 88.3 cm³/mol. The molecule has 1 amide bonds. The van der Waals surface area contributed by atoms with Crippen LogP contribution >= 0.6 is 11.3 Å². The molecule has 23 heavy (non-hydrogen) atoms. The van der Waals surface area contributed by atoms with Crippen LogP contribution in [0.15, 0.2) is 35.7 Å². The van der Waals surface area contributed by atoms with Gasteiger partial charge in [0.05, 0.1) is 22.8 Å². The molecule has 0 spiro atoms. The van der Waals surface area contributed by atoms with Gasteiger partial charge in [-0.3, -0.25) is 15.0 Å². The molecule has 0 bridgehead atoms. The highest BCUT2D eigenvalue weighted by Gasteiger charge is 2.27. The number of non-ortho nitro benzene ring substituents is 1. The summed E-state index contributed by atoms with van der Waals surface area (Å²) in [5.74, 6) is 0. The van der Waals surface area contributed by atoms with E-state index in [0.29, 0.717) is 24.5 Å². The van der Waals surface area contributed by atoms with Crippen LogP contribution in [0.3, 0.4) is 0 Å². The Morgan fingerprint density at radius 2 is 2.26 bits per heavy atom. The summed E-state index contributed by atoms with van der Waals surface area (Å²) in [5, 5.41) is 16.3. The zero-order valence-electron chi connectivity index (χ0n) is 12.2. The van der Waals surface area contributed by atoms with Gasteiger partial charge in [0.15, 0.2) is 0 Å². The molecule has 2 aromatic rings. The Kier molecular flexibility index (Phi) is 4.42. The van der Waals surface area contributed by atoms with Crippen LogP contribution in [0.2, 0.25) is 0 Å². The van der Waals surface area contributed by atoms with E-state index in [4.69, 9.17) is 4.74 Å². The molecule has 1 aliphatic rings. The van der Waals surface area contributed by atoms with Crippen LogP contribution in [0, 0.1) is 10.1 Å². The monoisotopic (exact) mass is 333 g/mol. The Labute approximate surface area is 136 Å². The van der Waals surface area contributed by atoms with Crippen molar-refractivity contribution in [1.82, 2.24) is 0 Å². The second-order valence-corrected chi connectivity index (χ2v) is 6.01. The number of nitro benzene ring substituents is 1. The van der Waals surface area contributed by atoms with Crippen molar-refractivity contribution in [1.29, 1.82) is 0 Å². The van der Waals surface area contributed by atoms with Gasteiger partial charge in [0, 0.05) is 23.6 Å². The third kappa shape index (κ3) is 3.42. The standard InChI is InChI=1S/C15H15N3O4S/c19-15-17(7-8-22-15)14-10-11(18(20)21)3-4-13(14)16-6-5-12-2-1-9-23-12/h1-4,9-10,16H,5-8H2. The Hall–Kier alpha value is -2.61. The van der Waals surface area contributed by atoms with Gasteiger partial charge < -0.3 is 10.1 Å². The van der Waals surface area contributed by atoms with Gasteiger partial charge in [-0.05, 0) is 23.9 Å². The first-order valence-corrected chi connectivity index (χ1v) is 8.02. The summed E-state index contributed by atoms with van der Waals surface area (Å²) in [5.41, 5.74) is 1.11. The molecule has 2 heterocycles. The van der Waals surface area contributed by atoms with Gasteiger partial charge in [0.25, 0.3) is 5.69 Å². The molecule has 1 aromatic carbocycles. The molecule has 1 aliphatic heterocycles. The Morgan fingerprint density at radius 3 is 2.91 bits per heavy atom. The smallest absolute Gasteiger partial charge is 0.414 e. The first kappa shape index (κ1) is 15.3. The summed E-state index contributed by atoms with van der Waals surface area (Å²) in [6.07, 6.45) is 0.366. The lowest BCUT2D eigenvalue weighted by molar-refractivity contribution is -0.384. The molecule has 8 heteroatoms. The van der Waals surface area contributed by atoms with Gasteiger partial charge in [-0.2, -0.15) is 0 Å². The van der Waals surface area contributed by atoms with Crippen molar-refractivity contribution in [2.45, 2.75) is 6.42 Å². The van der Waals surface area contributed by atoms with Crippen LogP contribution in [0.1, 0.15) is 4.88 Å². The number of benzene rings is 1. The molecule has 0 saturated carbocycles. The fraction of sp³-hybridized carbons (Fsp3) is 0.267. The highest BCUT2D eigenvalue weighted by Crippen LogP contribution is 2.32. The van der Waals surface area contributed by atoms with Gasteiger partial charge in [0.2, 0.25) is 0 Å². The lowest BCUT2D eigenvalue weighted by Gasteiger charge is -2.18. The molecule has 0 aliphatic carbocycles. The van der Waals surface area contributed by atoms with Gasteiger partial charge in [-0.15, -0.1) is 11.3 Å². The summed E-state index contributed by atoms with van der Waals surface area (Å²) < 4.78 is 4.93. The predicted octanol–water partition coefficient (Wildman–Crippen LogP) is 3.27. The van der Waals surface area contributed by atoms with Gasteiger partial charge >= 0.3 is 6.09 Å². The van der Waals surface area contributed by atoms with E-state index in [0.717, 1.165) is 6.42 Å². The first-order chi connectivity index (χ1) is 11.1. The molecule has 120 valence electrons. The molecular formula is C15H15N3O4S. The number of rotatable bonds is 6. The average molecular weight is 333 g/mol. The maximum absolute atomic E-state index is 11.8. The van der Waals surface area contributed by atoms with Crippen molar-refractivity contribution in [3.8, 4) is 0 Å². The zero-order chi connectivity index (χ0) is 16.2. The lowest BCUT2D eigenvalue weighted by atomic mass is 10.2. The van der Waals surface area contributed by atoms with Crippen molar-refractivity contribution in [2.24, 2.45) is 0 Å². The third-order valence-corrected chi connectivity index (χ3v) is 4.45. The number of ether oxygens (including phenoxy) is 1. The number of carbonyl (C=O) groups is 1. The SMILES string of the molecule is O=C1OCCN1c1cc([N+](=O)[O-])ccc1NCCc1cccs1. The third-order valence-electron chi connectivity index (χ3n) is 3.51. The van der Waals surface area contributed by atoms with E-state index in [-0.39, 0.29) is 12.3 Å². The van der Waals surface area contributed by atoms with Crippen molar-refractivity contribution < 1.29 is 14.5 Å². The minimum absolute atomic E-state index is 0.0523. The summed E-state index contributed by atoms with van der Waals surface area (Å²) in [6, 6.07) is 8.52. The Bertz CT molecular complexity index is 718. The van der Waals surface area contributed by atoms with Gasteiger partial charge in [-0.25, -0.2) is 4.79 Å². The maximum atomic E-state index is 11.8. The quantitative estimate of drug-likeness (QED) is 0.648. The van der Waals surface area contributed by atoms with E-state index in [1.165, 1.54) is 21.9 Å². The number of carbonyl (C=O) groups excluding carboxylic acids is 1. The number of nitro groups is 1. The van der Waals surface area contributed by atoms with Crippen LogP contribution in [0.4, 0.5) is 21.9 Å². The zero-order valence-corrected chi connectivity index (χ0v) is 13.0. The molecule has 1 aromatic heterocycles. The first-order valence-electron chi connectivity index (χ1n) is 7.14. The molecule has 1 N–H and O–H groups in total. The topological polar surface area (TPSA) is 84.7 Å². The van der Waals surface area contributed by atoms with Gasteiger partial charge in [-0.1, -0.05) is 6.07 Å². The van der Waals surface area contributed by atoms with Crippen molar-refractivity contribution in [3.63, 3.8) is 0 Å². The number of anilines is 2. The van der Waals surface area contributed by atoms with E-state index in [2.05, 4.69) is 11.4 Å². The normalized spacial score (nSPS) is 13.9. The summed E-state index contributed by atoms with van der Waals surface area (Å²) >= 11 is 1.68. The van der Waals surface area contributed by atoms with Crippen molar-refractivity contribution in [2.75, 3.05) is 29.9 Å². The number of nitrogens with one attached hydrogen (secondary N) is 1. The maximum Gasteiger partial charge on any atom is 0.414 e. The molecule has 0 radical (unpaired) electrons. The Morgan fingerprint density at radius 1 is 1.39 bits per heavy atom. The van der Waals surface area contributed by atoms with Crippen molar-refractivity contribution >= 4 is 34.5 Å². The number of cyclic esters (lactones) is 1. The number of hydrogen-bond acceptors (Lipinski definition) is 6. The summed E-state index contributed by atoms with van der Waals surface area (Å²) in [4.78, 5) is 25.0. The van der Waals surface area contributed by atoms with Crippen LogP contribution in [-0.2, 0) is 11.2 Å². The Balaban J connectivity index is 1.80. The highest BCUT2D eigenvalue weighted by atomic mass is 32.1. The van der Waals surface area contributed by atoms with Crippen molar-refractivity contribution in [3.05, 3.63) is 50.7 Å². The highest BCUT2D eigenvalue weighted by molar-refractivity contribution is 7.09. The lowest BCUT2D eigenvalue weighted by Crippen LogP contribution is -2.24. The average Bonchev–Trinajstić information content (AvgIpc) is 3.19. The number of amides is 1. The number of thiophene rings is 1. The van der Waals surface area contributed by atoms with Gasteiger partial charge in [0.1, 0.15) is 6.61 Å². The fourth-order valence-corrected chi connectivity index (χ4v) is 3.10. The second-order valence-electron chi connectivity index (χ2n) is 4.98. The molecule has 3 rings (SSSR count). The second kappa shape index (κ2) is 6.66. The van der Waals surface area contributed by atoms with E-state index < -0.39 is 11.0 Å². The summed E-state index contributed by atoms with van der Waals surface area (Å²) in [7, 11) is 0. The van der Waals surface area contributed by atoms with E-state index >= 15 is 0 Å². The van der Waals surface area contributed by atoms with E-state index in [1.807, 2.05) is 11.4 Å².